The lowest BCUT2D eigenvalue weighted by atomic mass is 9.83. The number of carbonyl (C=O) groups is 1. The predicted octanol–water partition coefficient (Wildman–Crippen LogP) is 2.66. The fraction of sp³-hybridized carbons (Fsp3) is 0.611. The molecule has 2 aromatic heterocycles. The number of aromatic nitrogens is 3. The SMILES string of the molecule is C[C@@]1(COC(=O)CC2CCC2)CCC(c2ccc3c(N)ncnn23)O1. The van der Waals surface area contributed by atoms with Gasteiger partial charge in [-0.3, -0.25) is 4.79 Å². The van der Waals surface area contributed by atoms with E-state index >= 15 is 0 Å². The van der Waals surface area contributed by atoms with Gasteiger partial charge in [-0.2, -0.15) is 5.10 Å². The first kappa shape index (κ1) is 16.3. The highest BCUT2D eigenvalue weighted by Crippen LogP contribution is 2.40. The van der Waals surface area contributed by atoms with E-state index in [0.717, 1.165) is 36.9 Å². The van der Waals surface area contributed by atoms with Crippen LogP contribution in [0.15, 0.2) is 18.5 Å². The largest absolute Gasteiger partial charge is 0.463 e. The number of carbonyl (C=O) groups excluding carboxylic acids is 1. The molecule has 0 radical (unpaired) electrons. The first-order chi connectivity index (χ1) is 12.0. The number of nitrogen functional groups attached to an aromatic ring is 1. The van der Waals surface area contributed by atoms with Gasteiger partial charge < -0.3 is 15.2 Å². The Hall–Kier alpha value is -2.15. The molecule has 7 heteroatoms. The minimum Gasteiger partial charge on any atom is -0.463 e. The number of esters is 1. The summed E-state index contributed by atoms with van der Waals surface area (Å²) >= 11 is 0. The molecule has 0 aromatic carbocycles. The Morgan fingerprint density at radius 2 is 2.28 bits per heavy atom. The van der Waals surface area contributed by atoms with Crippen molar-refractivity contribution in [3.63, 3.8) is 0 Å². The van der Waals surface area contributed by atoms with Gasteiger partial charge in [-0.1, -0.05) is 6.42 Å². The maximum Gasteiger partial charge on any atom is 0.306 e. The summed E-state index contributed by atoms with van der Waals surface area (Å²) in [5.41, 5.74) is 7.16. The molecule has 1 saturated carbocycles. The first-order valence-corrected chi connectivity index (χ1v) is 8.96. The lowest BCUT2D eigenvalue weighted by Crippen LogP contribution is -2.32. The van der Waals surface area contributed by atoms with Crippen LogP contribution in [0.5, 0.6) is 0 Å². The van der Waals surface area contributed by atoms with Crippen LogP contribution in [0.4, 0.5) is 5.82 Å². The van der Waals surface area contributed by atoms with Crippen LogP contribution in [0.1, 0.15) is 57.2 Å². The quantitative estimate of drug-likeness (QED) is 0.839. The second kappa shape index (κ2) is 6.29. The van der Waals surface area contributed by atoms with Crippen LogP contribution in [0.3, 0.4) is 0 Å². The van der Waals surface area contributed by atoms with E-state index in [1.807, 2.05) is 19.1 Å². The maximum absolute atomic E-state index is 12.0. The van der Waals surface area contributed by atoms with Gasteiger partial charge in [0.1, 0.15) is 30.2 Å². The van der Waals surface area contributed by atoms with Gasteiger partial charge >= 0.3 is 5.97 Å². The molecule has 134 valence electrons. The van der Waals surface area contributed by atoms with E-state index in [9.17, 15) is 4.79 Å². The minimum atomic E-state index is -0.456. The van der Waals surface area contributed by atoms with Crippen LogP contribution >= 0.6 is 0 Å². The maximum atomic E-state index is 12.0. The summed E-state index contributed by atoms with van der Waals surface area (Å²) in [5.74, 6) is 0.869. The van der Waals surface area contributed by atoms with Crippen molar-refractivity contribution in [2.45, 2.75) is 57.2 Å². The third-order valence-corrected chi connectivity index (χ3v) is 5.42. The molecule has 7 nitrogen and oxygen atoms in total. The van der Waals surface area contributed by atoms with Crippen molar-refractivity contribution in [1.29, 1.82) is 0 Å². The fourth-order valence-corrected chi connectivity index (χ4v) is 3.65. The summed E-state index contributed by atoms with van der Waals surface area (Å²) in [6, 6.07) is 3.88. The zero-order valence-electron chi connectivity index (χ0n) is 14.5. The number of hydrogen-bond donors (Lipinski definition) is 1. The van der Waals surface area contributed by atoms with Gasteiger partial charge in [0.15, 0.2) is 5.82 Å². The van der Waals surface area contributed by atoms with Gasteiger partial charge in [-0.15, -0.1) is 0 Å². The zero-order valence-corrected chi connectivity index (χ0v) is 14.5. The molecule has 0 spiro atoms. The molecule has 2 aromatic rings. The van der Waals surface area contributed by atoms with E-state index in [0.29, 0.717) is 24.8 Å². The summed E-state index contributed by atoms with van der Waals surface area (Å²) < 4.78 is 13.5. The minimum absolute atomic E-state index is 0.0906. The summed E-state index contributed by atoms with van der Waals surface area (Å²) in [6.07, 6.45) is 7.12. The van der Waals surface area contributed by atoms with Crippen LogP contribution in [-0.4, -0.2) is 32.8 Å². The Morgan fingerprint density at radius 3 is 3.04 bits per heavy atom. The highest BCUT2D eigenvalue weighted by Gasteiger charge is 2.39. The summed E-state index contributed by atoms with van der Waals surface area (Å²) in [4.78, 5) is 16.0. The molecule has 2 atom stereocenters. The molecule has 1 aliphatic heterocycles. The van der Waals surface area contributed by atoms with Crippen molar-refractivity contribution in [1.82, 2.24) is 14.6 Å². The lowest BCUT2D eigenvalue weighted by Gasteiger charge is -2.27. The topological polar surface area (TPSA) is 91.7 Å². The van der Waals surface area contributed by atoms with Gasteiger partial charge in [-0.25, -0.2) is 9.50 Å². The van der Waals surface area contributed by atoms with Crippen molar-refractivity contribution in [3.8, 4) is 0 Å². The van der Waals surface area contributed by atoms with Crippen LogP contribution in [-0.2, 0) is 14.3 Å². The van der Waals surface area contributed by atoms with Gasteiger partial charge in [0.2, 0.25) is 0 Å². The summed E-state index contributed by atoms with van der Waals surface area (Å²) in [5, 5.41) is 4.28. The molecular formula is C18H24N4O3. The van der Waals surface area contributed by atoms with E-state index < -0.39 is 5.60 Å². The normalized spacial score (nSPS) is 26.7. The number of anilines is 1. The molecule has 2 fully saturated rings. The van der Waals surface area contributed by atoms with Crippen molar-refractivity contribution >= 4 is 17.3 Å². The van der Waals surface area contributed by atoms with E-state index in [-0.39, 0.29) is 12.1 Å². The Balaban J connectivity index is 1.39. The molecule has 2 N–H and O–H groups in total. The number of ether oxygens (including phenoxy) is 2. The van der Waals surface area contributed by atoms with Crippen LogP contribution in [0.2, 0.25) is 0 Å². The fourth-order valence-electron chi connectivity index (χ4n) is 3.65. The van der Waals surface area contributed by atoms with E-state index in [1.54, 1.807) is 4.52 Å². The number of rotatable bonds is 5. The van der Waals surface area contributed by atoms with Crippen molar-refractivity contribution in [3.05, 3.63) is 24.2 Å². The number of nitrogens with two attached hydrogens (primary N) is 1. The molecule has 25 heavy (non-hydrogen) atoms. The Bertz CT molecular complexity index is 786. The van der Waals surface area contributed by atoms with Crippen LogP contribution < -0.4 is 5.73 Å². The molecule has 0 bridgehead atoms. The molecule has 0 amide bonds. The number of nitrogens with zero attached hydrogens (tertiary/aromatic N) is 3. The predicted molar refractivity (Wildman–Crippen MR) is 91.8 cm³/mol. The molecule has 1 aliphatic carbocycles. The Morgan fingerprint density at radius 1 is 1.44 bits per heavy atom. The van der Waals surface area contributed by atoms with Crippen molar-refractivity contribution in [2.75, 3.05) is 12.3 Å². The van der Waals surface area contributed by atoms with Crippen molar-refractivity contribution < 1.29 is 14.3 Å². The van der Waals surface area contributed by atoms with E-state index in [2.05, 4.69) is 10.1 Å². The lowest BCUT2D eigenvalue weighted by molar-refractivity contribution is -0.155. The average Bonchev–Trinajstić information content (AvgIpc) is 3.14. The number of fused-ring (bicyclic) bond motifs is 1. The van der Waals surface area contributed by atoms with Gasteiger partial charge in [0.25, 0.3) is 0 Å². The second-order valence-electron chi connectivity index (χ2n) is 7.46. The molecular weight excluding hydrogens is 320 g/mol. The van der Waals surface area contributed by atoms with Gasteiger partial charge in [-0.05, 0) is 50.7 Å². The van der Waals surface area contributed by atoms with Crippen LogP contribution in [0, 0.1) is 5.92 Å². The molecule has 1 saturated heterocycles. The van der Waals surface area contributed by atoms with E-state index in [4.69, 9.17) is 15.2 Å². The Kier molecular flexibility index (Phi) is 4.11. The van der Waals surface area contributed by atoms with Gasteiger partial charge in [0.05, 0.1) is 5.69 Å². The molecule has 3 heterocycles. The molecule has 1 unspecified atom stereocenters. The first-order valence-electron chi connectivity index (χ1n) is 8.96. The summed E-state index contributed by atoms with van der Waals surface area (Å²) in [6.45, 7) is 2.30. The average molecular weight is 344 g/mol. The standard InChI is InChI=1S/C18H24N4O3/c1-18(10-24-16(23)9-12-3-2-4-12)8-7-15(25-18)13-5-6-14-17(19)20-11-21-22(13)14/h5-6,11-12,15H,2-4,7-10H2,1H3,(H2,19,20,21)/t15?,18-/m0/s1. The summed E-state index contributed by atoms with van der Waals surface area (Å²) in [7, 11) is 0. The van der Waals surface area contributed by atoms with E-state index in [1.165, 1.54) is 12.7 Å². The van der Waals surface area contributed by atoms with Gasteiger partial charge in [0, 0.05) is 6.42 Å². The monoisotopic (exact) mass is 344 g/mol. The third-order valence-electron chi connectivity index (χ3n) is 5.42. The van der Waals surface area contributed by atoms with Crippen molar-refractivity contribution in [2.24, 2.45) is 5.92 Å². The Labute approximate surface area is 146 Å². The highest BCUT2D eigenvalue weighted by atomic mass is 16.6. The smallest absolute Gasteiger partial charge is 0.306 e. The molecule has 4 rings (SSSR count). The molecule has 2 aliphatic rings. The third kappa shape index (κ3) is 3.20. The van der Waals surface area contributed by atoms with Crippen LogP contribution in [0.25, 0.3) is 5.52 Å². The zero-order chi connectivity index (χ0) is 17.4. The second-order valence-corrected chi connectivity index (χ2v) is 7.46. The number of hydrogen-bond acceptors (Lipinski definition) is 6. The highest BCUT2D eigenvalue weighted by molar-refractivity contribution is 5.69.